The molecular formula is C21H15N11O2. The summed E-state index contributed by atoms with van der Waals surface area (Å²) in [6.07, 6.45) is 0. The molecule has 3 aromatic carbocycles. The summed E-state index contributed by atoms with van der Waals surface area (Å²) in [7, 11) is 0. The second-order valence-electron chi connectivity index (χ2n) is 7.25. The van der Waals surface area contributed by atoms with Gasteiger partial charge in [-0.15, -0.1) is 10.2 Å². The summed E-state index contributed by atoms with van der Waals surface area (Å²) in [5, 5.41) is 39.4. The number of fused-ring (bicyclic) bond motifs is 2. The molecule has 0 radical (unpaired) electrons. The average Bonchev–Trinajstić information content (AvgIpc) is 3.49. The molecule has 0 bridgehead atoms. The Morgan fingerprint density at radius 1 is 0.735 bits per heavy atom. The third-order valence-electron chi connectivity index (χ3n) is 5.06. The molecule has 1 atom stereocenters. The second kappa shape index (κ2) is 7.93. The number of hydrogen-bond donors (Lipinski definition) is 3. The molecule has 6 aromatic rings. The van der Waals surface area contributed by atoms with E-state index >= 15 is 0 Å². The van der Waals surface area contributed by atoms with E-state index in [0.717, 1.165) is 0 Å². The minimum Gasteiger partial charge on any atom is -0.595 e. The molecule has 166 valence electrons. The molecule has 0 aliphatic heterocycles. The first-order chi connectivity index (χ1) is 16.7. The van der Waals surface area contributed by atoms with Gasteiger partial charge in [-0.05, 0) is 30.3 Å². The predicted molar refractivity (Wildman–Crippen MR) is 120 cm³/mol. The summed E-state index contributed by atoms with van der Waals surface area (Å²) in [5.41, 5.74) is 3.40. The highest BCUT2D eigenvalue weighted by atomic mass is 16.8. The summed E-state index contributed by atoms with van der Waals surface area (Å²) in [6, 6.07) is 21.2. The molecule has 0 amide bonds. The van der Waals surface area contributed by atoms with Crippen LogP contribution in [0.5, 0.6) is 0 Å². The van der Waals surface area contributed by atoms with Crippen LogP contribution < -0.4 is 10.5 Å². The van der Waals surface area contributed by atoms with Crippen molar-refractivity contribution in [3.05, 3.63) is 78.0 Å². The van der Waals surface area contributed by atoms with Crippen molar-refractivity contribution < 1.29 is 10.4 Å². The van der Waals surface area contributed by atoms with E-state index in [-0.39, 0.29) is 23.5 Å². The van der Waals surface area contributed by atoms with Crippen LogP contribution in [0.25, 0.3) is 34.0 Å². The fourth-order valence-corrected chi connectivity index (χ4v) is 3.49. The van der Waals surface area contributed by atoms with Crippen molar-refractivity contribution in [3.63, 3.8) is 0 Å². The van der Waals surface area contributed by atoms with Gasteiger partial charge in [-0.1, -0.05) is 40.8 Å². The van der Waals surface area contributed by atoms with E-state index in [1.807, 2.05) is 48.5 Å². The molecule has 6 rings (SSSR count). The first-order valence-electron chi connectivity index (χ1n) is 10.1. The molecule has 3 heterocycles. The third kappa shape index (κ3) is 3.47. The number of para-hydroxylation sites is 2. The molecule has 1 unspecified atom stereocenters. The van der Waals surface area contributed by atoms with Crippen LogP contribution in [-0.2, 0) is 0 Å². The average molecular weight is 453 g/mol. The lowest BCUT2D eigenvalue weighted by atomic mass is 10.3. The standard InChI is InChI=1S/C21H15N11O2/c33-32(34)14-7-5-6-13(12-14)22-19-23-20(30-17-10-3-1-8-15(17)26-28-30)25-21(24-19)31-18-11-4-2-9-16(18)27-29-31/h1-12,32-33H,(H,22,23,24,25). The number of benzene rings is 3. The van der Waals surface area contributed by atoms with Gasteiger partial charge in [-0.25, -0.2) is 5.21 Å². The SMILES string of the molecule is [O-][NH+](O)c1cccc(Nc2nc(-n3nnc4ccccc43)nc(-n3nnc4ccccc43)n2)c1. The van der Waals surface area contributed by atoms with Gasteiger partial charge >= 0.3 is 0 Å². The number of aromatic nitrogens is 9. The van der Waals surface area contributed by atoms with Crippen molar-refractivity contribution in [1.82, 2.24) is 44.9 Å². The largest absolute Gasteiger partial charge is 0.595 e. The number of nitrogens with one attached hydrogen (secondary N) is 2. The molecular weight excluding hydrogens is 438 g/mol. The molecule has 13 nitrogen and oxygen atoms in total. The van der Waals surface area contributed by atoms with E-state index in [1.165, 1.54) is 21.5 Å². The van der Waals surface area contributed by atoms with Gasteiger partial charge in [0.15, 0.2) is 5.69 Å². The van der Waals surface area contributed by atoms with Crippen molar-refractivity contribution in [3.8, 4) is 11.9 Å². The number of hydrogen-bond acceptors (Lipinski definition) is 10. The van der Waals surface area contributed by atoms with E-state index in [1.54, 1.807) is 12.1 Å². The number of rotatable bonds is 5. The lowest BCUT2D eigenvalue weighted by Gasteiger charge is -2.13. The minimum atomic E-state index is -1.04. The minimum absolute atomic E-state index is 0.129. The van der Waals surface area contributed by atoms with Crippen molar-refractivity contribution in [1.29, 1.82) is 0 Å². The highest BCUT2D eigenvalue weighted by Gasteiger charge is 2.17. The Hall–Kier alpha value is -4.85. The number of quaternary nitrogens is 1. The van der Waals surface area contributed by atoms with Gasteiger partial charge in [0.1, 0.15) is 11.0 Å². The maximum absolute atomic E-state index is 11.4. The first kappa shape index (κ1) is 19.8. The highest BCUT2D eigenvalue weighted by molar-refractivity contribution is 5.76. The number of anilines is 2. The van der Waals surface area contributed by atoms with Gasteiger partial charge in [0, 0.05) is 17.8 Å². The maximum Gasteiger partial charge on any atom is 0.259 e. The van der Waals surface area contributed by atoms with E-state index in [2.05, 4.69) is 40.9 Å². The summed E-state index contributed by atoms with van der Waals surface area (Å²) in [5.74, 6) is 0.576. The zero-order chi connectivity index (χ0) is 23.1. The Morgan fingerprint density at radius 2 is 1.32 bits per heavy atom. The molecule has 3 N–H and O–H groups in total. The van der Waals surface area contributed by atoms with Crippen LogP contribution in [0.1, 0.15) is 0 Å². The molecule has 34 heavy (non-hydrogen) atoms. The van der Waals surface area contributed by atoms with Crippen LogP contribution in [0.2, 0.25) is 0 Å². The van der Waals surface area contributed by atoms with Crippen molar-refractivity contribution >= 4 is 39.4 Å². The van der Waals surface area contributed by atoms with Gasteiger partial charge in [0.2, 0.25) is 5.95 Å². The third-order valence-corrected chi connectivity index (χ3v) is 5.06. The Kier molecular flexibility index (Phi) is 4.62. The number of nitrogens with zero attached hydrogens (tertiary/aromatic N) is 9. The summed E-state index contributed by atoms with van der Waals surface area (Å²) < 4.78 is 3.00. The Morgan fingerprint density at radius 3 is 1.91 bits per heavy atom. The van der Waals surface area contributed by atoms with Crippen LogP contribution in [-0.4, -0.2) is 50.1 Å². The van der Waals surface area contributed by atoms with Crippen molar-refractivity contribution in [2.45, 2.75) is 0 Å². The van der Waals surface area contributed by atoms with E-state index in [4.69, 9.17) is 0 Å². The van der Waals surface area contributed by atoms with Crippen molar-refractivity contribution in [2.75, 3.05) is 5.32 Å². The summed E-state index contributed by atoms with van der Waals surface area (Å²) in [4.78, 5) is 13.6. The molecule has 0 aliphatic carbocycles. The van der Waals surface area contributed by atoms with E-state index in [0.29, 0.717) is 27.8 Å². The Labute approximate surface area is 190 Å². The molecule has 13 heteroatoms. The Balaban J connectivity index is 1.52. The molecule has 0 saturated carbocycles. The van der Waals surface area contributed by atoms with E-state index < -0.39 is 5.23 Å². The first-order valence-corrected chi connectivity index (χ1v) is 10.1. The topological polar surface area (TPSA) is 160 Å². The second-order valence-corrected chi connectivity index (χ2v) is 7.25. The van der Waals surface area contributed by atoms with Crippen LogP contribution >= 0.6 is 0 Å². The quantitative estimate of drug-likeness (QED) is 0.326. The van der Waals surface area contributed by atoms with E-state index in [9.17, 15) is 10.4 Å². The zero-order valence-corrected chi connectivity index (χ0v) is 17.3. The van der Waals surface area contributed by atoms with Crippen LogP contribution in [0.4, 0.5) is 17.3 Å². The molecule has 0 aliphatic rings. The van der Waals surface area contributed by atoms with Crippen molar-refractivity contribution in [2.24, 2.45) is 0 Å². The monoisotopic (exact) mass is 453 g/mol. The fourth-order valence-electron chi connectivity index (χ4n) is 3.49. The lowest BCUT2D eigenvalue weighted by Crippen LogP contribution is -2.99. The van der Waals surface area contributed by atoms with Gasteiger partial charge < -0.3 is 10.5 Å². The fraction of sp³-hybridized carbons (Fsp3) is 0. The zero-order valence-electron chi connectivity index (χ0n) is 17.3. The highest BCUT2D eigenvalue weighted by Crippen LogP contribution is 2.21. The normalized spacial score (nSPS) is 12.3. The van der Waals surface area contributed by atoms with Gasteiger partial charge in [0.25, 0.3) is 11.9 Å². The van der Waals surface area contributed by atoms with Crippen LogP contribution in [0.15, 0.2) is 72.8 Å². The molecule has 3 aromatic heterocycles. The van der Waals surface area contributed by atoms with Crippen LogP contribution in [0.3, 0.4) is 0 Å². The van der Waals surface area contributed by atoms with Crippen LogP contribution in [0, 0.1) is 5.21 Å². The Bertz CT molecular complexity index is 1550. The summed E-state index contributed by atoms with van der Waals surface area (Å²) in [6.45, 7) is 0. The molecule has 0 fully saturated rings. The molecule has 0 spiro atoms. The summed E-state index contributed by atoms with van der Waals surface area (Å²) >= 11 is 0. The maximum atomic E-state index is 11.4. The lowest BCUT2D eigenvalue weighted by molar-refractivity contribution is -0.991. The van der Waals surface area contributed by atoms with Gasteiger partial charge in [-0.3, -0.25) is 0 Å². The smallest absolute Gasteiger partial charge is 0.259 e. The predicted octanol–water partition coefficient (Wildman–Crippen LogP) is 1.49. The van der Waals surface area contributed by atoms with Gasteiger partial charge in [0.05, 0.1) is 11.0 Å². The molecule has 0 saturated heterocycles. The van der Waals surface area contributed by atoms with Gasteiger partial charge in [-0.2, -0.15) is 29.5 Å².